The minimum atomic E-state index is -0.144. The predicted molar refractivity (Wildman–Crippen MR) is 96.6 cm³/mol. The molecule has 0 bridgehead atoms. The lowest BCUT2D eigenvalue weighted by Gasteiger charge is -2.16. The van der Waals surface area contributed by atoms with Gasteiger partial charge in [-0.25, -0.2) is 4.39 Å². The van der Waals surface area contributed by atoms with Crippen molar-refractivity contribution in [2.45, 2.75) is 16.6 Å². The van der Waals surface area contributed by atoms with Crippen LogP contribution >= 0.6 is 23.1 Å². The van der Waals surface area contributed by atoms with Gasteiger partial charge in [-0.15, -0.1) is 23.1 Å². The van der Waals surface area contributed by atoms with Gasteiger partial charge in [0.1, 0.15) is 5.82 Å². The van der Waals surface area contributed by atoms with Crippen LogP contribution in [0.5, 0.6) is 0 Å². The molecule has 0 saturated carbocycles. The second-order valence-electron chi connectivity index (χ2n) is 5.34. The van der Waals surface area contributed by atoms with E-state index in [2.05, 4.69) is 17.5 Å². The highest BCUT2D eigenvalue weighted by molar-refractivity contribution is 7.99. The number of thiophene rings is 1. The van der Waals surface area contributed by atoms with Crippen LogP contribution in [0.1, 0.15) is 22.1 Å². The first kappa shape index (κ1) is 14.7. The Kier molecular flexibility index (Phi) is 4.02. The van der Waals surface area contributed by atoms with Crippen molar-refractivity contribution in [2.75, 3.05) is 0 Å². The van der Waals surface area contributed by atoms with Gasteiger partial charge in [0.2, 0.25) is 0 Å². The highest BCUT2D eigenvalue weighted by Gasteiger charge is 2.24. The van der Waals surface area contributed by atoms with Crippen molar-refractivity contribution in [1.29, 1.82) is 0 Å². The summed E-state index contributed by atoms with van der Waals surface area (Å²) in [5, 5.41) is 2.08. The molecule has 3 aromatic rings. The number of rotatable bonds is 2. The van der Waals surface area contributed by atoms with E-state index in [1.165, 1.54) is 6.07 Å². The maximum absolute atomic E-state index is 14.3. The van der Waals surface area contributed by atoms with Crippen molar-refractivity contribution in [2.24, 2.45) is 4.99 Å². The number of halogens is 1. The van der Waals surface area contributed by atoms with Crippen LogP contribution in [0.2, 0.25) is 0 Å². The lowest BCUT2D eigenvalue weighted by Crippen LogP contribution is -2.05. The van der Waals surface area contributed by atoms with E-state index in [4.69, 9.17) is 4.99 Å². The van der Waals surface area contributed by atoms with Crippen LogP contribution in [0, 0.1) is 5.82 Å². The van der Waals surface area contributed by atoms with Crippen LogP contribution in [0.15, 0.2) is 75.9 Å². The van der Waals surface area contributed by atoms with Crippen molar-refractivity contribution < 1.29 is 4.39 Å². The first-order chi connectivity index (χ1) is 11.3. The Bertz CT molecular complexity index is 855. The first-order valence-electron chi connectivity index (χ1n) is 7.43. The van der Waals surface area contributed by atoms with Crippen LogP contribution in [-0.4, -0.2) is 5.71 Å². The molecule has 0 radical (unpaired) electrons. The minimum Gasteiger partial charge on any atom is -0.251 e. The van der Waals surface area contributed by atoms with Crippen molar-refractivity contribution in [1.82, 2.24) is 0 Å². The van der Waals surface area contributed by atoms with E-state index in [-0.39, 0.29) is 11.1 Å². The summed E-state index contributed by atoms with van der Waals surface area (Å²) in [7, 11) is 0. The summed E-state index contributed by atoms with van der Waals surface area (Å²) < 4.78 is 14.3. The van der Waals surface area contributed by atoms with Gasteiger partial charge in [-0.1, -0.05) is 36.4 Å². The molecule has 1 atom stereocenters. The summed E-state index contributed by atoms with van der Waals surface area (Å²) in [5.41, 5.74) is 2.75. The summed E-state index contributed by atoms with van der Waals surface area (Å²) in [6, 6.07) is 19.3. The molecule has 0 amide bonds. The highest BCUT2D eigenvalue weighted by atomic mass is 32.2. The fourth-order valence-corrected chi connectivity index (χ4v) is 4.70. The Morgan fingerprint density at radius 3 is 2.61 bits per heavy atom. The number of benzene rings is 2. The van der Waals surface area contributed by atoms with Crippen molar-refractivity contribution in [3.63, 3.8) is 0 Å². The molecule has 1 unspecified atom stereocenters. The molecular weight excluding hydrogens is 325 g/mol. The van der Waals surface area contributed by atoms with Gasteiger partial charge >= 0.3 is 0 Å². The SMILES string of the molecule is Fc1ccccc1C1CC(c2cccs2)=Nc2ccccc2S1. The minimum absolute atomic E-state index is 0.0284. The Morgan fingerprint density at radius 2 is 1.78 bits per heavy atom. The Morgan fingerprint density at radius 1 is 0.957 bits per heavy atom. The molecule has 0 spiro atoms. The number of aliphatic imine (C=N–C) groups is 1. The van der Waals surface area contributed by atoms with Gasteiger partial charge in [-0.2, -0.15) is 0 Å². The van der Waals surface area contributed by atoms with Gasteiger partial charge in [-0.05, 0) is 29.6 Å². The quantitative estimate of drug-likeness (QED) is 0.538. The molecule has 4 rings (SSSR count). The maximum Gasteiger partial charge on any atom is 0.127 e. The molecule has 1 aliphatic heterocycles. The van der Waals surface area contributed by atoms with E-state index >= 15 is 0 Å². The predicted octanol–water partition coefficient (Wildman–Crippen LogP) is 6.25. The molecule has 2 aromatic carbocycles. The fraction of sp³-hybridized carbons (Fsp3) is 0.105. The number of hydrogen-bond donors (Lipinski definition) is 0. The molecule has 1 aliphatic rings. The average molecular weight is 339 g/mol. The zero-order valence-electron chi connectivity index (χ0n) is 12.3. The summed E-state index contributed by atoms with van der Waals surface area (Å²) in [6.07, 6.45) is 0.723. The second-order valence-corrected chi connectivity index (χ2v) is 7.53. The summed E-state index contributed by atoms with van der Waals surface area (Å²) >= 11 is 3.38. The molecule has 0 aliphatic carbocycles. The van der Waals surface area contributed by atoms with Crippen molar-refractivity contribution in [3.8, 4) is 0 Å². The van der Waals surface area contributed by atoms with Crippen molar-refractivity contribution >= 4 is 34.5 Å². The zero-order valence-corrected chi connectivity index (χ0v) is 13.9. The molecule has 1 nitrogen and oxygen atoms in total. The monoisotopic (exact) mass is 339 g/mol. The lowest BCUT2D eigenvalue weighted by atomic mass is 10.0. The van der Waals surface area contributed by atoms with Gasteiger partial charge in [0.25, 0.3) is 0 Å². The fourth-order valence-electron chi connectivity index (χ4n) is 2.72. The van der Waals surface area contributed by atoms with E-state index < -0.39 is 0 Å². The molecule has 1 aromatic heterocycles. The number of nitrogens with zero attached hydrogens (tertiary/aromatic N) is 1. The maximum atomic E-state index is 14.3. The van der Waals surface area contributed by atoms with E-state index in [0.29, 0.717) is 0 Å². The Balaban J connectivity index is 1.82. The van der Waals surface area contributed by atoms with Crippen LogP contribution in [-0.2, 0) is 0 Å². The third kappa shape index (κ3) is 2.96. The normalized spacial score (nSPS) is 17.3. The number of hydrogen-bond acceptors (Lipinski definition) is 3. The van der Waals surface area contributed by atoms with Crippen molar-refractivity contribution in [3.05, 3.63) is 82.3 Å². The molecule has 114 valence electrons. The van der Waals surface area contributed by atoms with Gasteiger partial charge in [0.15, 0.2) is 0 Å². The number of thioether (sulfide) groups is 1. The first-order valence-corrected chi connectivity index (χ1v) is 9.19. The van der Waals surface area contributed by atoms with Gasteiger partial charge < -0.3 is 0 Å². The van der Waals surface area contributed by atoms with E-state index in [9.17, 15) is 4.39 Å². The van der Waals surface area contributed by atoms with Crippen LogP contribution in [0.4, 0.5) is 10.1 Å². The molecule has 4 heteroatoms. The van der Waals surface area contributed by atoms with Gasteiger partial charge in [0.05, 0.1) is 11.4 Å². The number of fused-ring (bicyclic) bond motifs is 1. The molecule has 2 heterocycles. The van der Waals surface area contributed by atoms with Crippen LogP contribution in [0.3, 0.4) is 0 Å². The molecule has 0 N–H and O–H groups in total. The smallest absolute Gasteiger partial charge is 0.127 e. The molecule has 23 heavy (non-hydrogen) atoms. The van der Waals surface area contributed by atoms with Gasteiger partial charge in [-0.3, -0.25) is 4.99 Å². The van der Waals surface area contributed by atoms with Gasteiger partial charge in [0, 0.05) is 27.0 Å². The second kappa shape index (κ2) is 6.30. The lowest BCUT2D eigenvalue weighted by molar-refractivity contribution is 0.609. The number of para-hydroxylation sites is 1. The Labute approximate surface area is 142 Å². The average Bonchev–Trinajstić information content (AvgIpc) is 3.03. The standard InChI is InChI=1S/C19H14FNS2/c20-14-7-2-1-6-13(14)19-12-16(17-10-5-11-22-17)21-15-8-3-4-9-18(15)23-19/h1-11,19H,12H2. The third-order valence-corrected chi connectivity index (χ3v) is 6.05. The molecule has 0 saturated heterocycles. The summed E-state index contributed by atoms with van der Waals surface area (Å²) in [6.45, 7) is 0. The summed E-state index contributed by atoms with van der Waals surface area (Å²) in [4.78, 5) is 7.13. The van der Waals surface area contributed by atoms with E-state index in [0.717, 1.165) is 33.2 Å². The molecular formula is C19H14FNS2. The van der Waals surface area contributed by atoms with Crippen LogP contribution in [0.25, 0.3) is 0 Å². The zero-order chi connectivity index (χ0) is 15.6. The van der Waals surface area contributed by atoms with E-state index in [1.54, 1.807) is 29.2 Å². The third-order valence-electron chi connectivity index (χ3n) is 3.83. The van der Waals surface area contributed by atoms with Crippen LogP contribution < -0.4 is 0 Å². The highest BCUT2D eigenvalue weighted by Crippen LogP contribution is 2.46. The summed E-state index contributed by atoms with van der Waals surface area (Å²) in [5.74, 6) is -0.144. The van der Waals surface area contributed by atoms with E-state index in [1.807, 2.05) is 36.4 Å². The largest absolute Gasteiger partial charge is 0.251 e. The molecule has 0 fully saturated rings. The topological polar surface area (TPSA) is 12.4 Å². The Hall–Kier alpha value is -1.91.